The first-order valence-electron chi connectivity index (χ1n) is 8.20. The van der Waals surface area contributed by atoms with Crippen molar-refractivity contribution in [2.75, 3.05) is 19.6 Å². The second-order valence-corrected chi connectivity index (χ2v) is 6.63. The molecule has 0 aromatic carbocycles. The van der Waals surface area contributed by atoms with E-state index in [4.69, 9.17) is 11.0 Å². The molecule has 3 unspecified atom stereocenters. The SMILES string of the molecule is CC1C2=C(CC(NCC(=O)N3CCCC3C#N)C2)CN1C(N)=O. The third-order valence-electron chi connectivity index (χ3n) is 5.29. The van der Waals surface area contributed by atoms with E-state index in [1.807, 2.05) is 6.92 Å². The van der Waals surface area contributed by atoms with Crippen molar-refractivity contribution in [2.24, 2.45) is 5.73 Å². The van der Waals surface area contributed by atoms with E-state index in [1.165, 1.54) is 11.1 Å². The lowest BCUT2D eigenvalue weighted by atomic mass is 10.1. The fraction of sp³-hybridized carbons (Fsp3) is 0.688. The lowest BCUT2D eigenvalue weighted by Crippen LogP contribution is -2.44. The van der Waals surface area contributed by atoms with Crippen LogP contribution in [0.1, 0.15) is 32.6 Å². The fourth-order valence-corrected chi connectivity index (χ4v) is 4.02. The molecule has 2 heterocycles. The van der Waals surface area contributed by atoms with E-state index in [1.54, 1.807) is 9.80 Å². The second-order valence-electron chi connectivity index (χ2n) is 6.63. The second kappa shape index (κ2) is 6.20. The zero-order chi connectivity index (χ0) is 16.6. The maximum Gasteiger partial charge on any atom is 0.315 e. The van der Waals surface area contributed by atoms with Gasteiger partial charge in [-0.15, -0.1) is 0 Å². The minimum atomic E-state index is -0.372. The number of carbonyl (C=O) groups excluding carboxylic acids is 2. The molecule has 2 aliphatic heterocycles. The Balaban J connectivity index is 1.49. The number of primary amides is 1. The largest absolute Gasteiger partial charge is 0.351 e. The van der Waals surface area contributed by atoms with Gasteiger partial charge in [-0.1, -0.05) is 0 Å². The molecule has 0 aromatic rings. The molecule has 7 heteroatoms. The van der Waals surface area contributed by atoms with Gasteiger partial charge in [0.25, 0.3) is 0 Å². The van der Waals surface area contributed by atoms with Gasteiger partial charge in [0.15, 0.2) is 0 Å². The number of nitrogens with zero attached hydrogens (tertiary/aromatic N) is 3. The van der Waals surface area contributed by atoms with E-state index in [2.05, 4.69) is 11.4 Å². The molecule has 23 heavy (non-hydrogen) atoms. The number of urea groups is 1. The van der Waals surface area contributed by atoms with Crippen LogP contribution in [-0.4, -0.2) is 59.5 Å². The Hall–Kier alpha value is -2.07. The first-order valence-corrected chi connectivity index (χ1v) is 8.20. The average Bonchev–Trinajstić information content (AvgIpc) is 3.20. The summed E-state index contributed by atoms with van der Waals surface area (Å²) in [6.45, 7) is 3.57. The molecule has 1 aliphatic carbocycles. The molecular formula is C16H23N5O2. The molecule has 3 aliphatic rings. The Labute approximate surface area is 136 Å². The van der Waals surface area contributed by atoms with Crippen LogP contribution in [0, 0.1) is 11.3 Å². The van der Waals surface area contributed by atoms with Crippen molar-refractivity contribution >= 4 is 11.9 Å². The van der Waals surface area contributed by atoms with Gasteiger partial charge in [0.1, 0.15) is 6.04 Å². The molecule has 3 atom stereocenters. The standard InChI is InChI=1S/C16H23N5O2/c1-10-14-6-12(5-11(14)9-21(10)16(18)23)19-8-15(22)20-4-2-3-13(20)7-17/h10,12-13,19H,2-6,8-9H2,1H3,(H2,18,23). The number of amides is 3. The highest BCUT2D eigenvalue weighted by Gasteiger charge is 2.38. The number of likely N-dealkylation sites (tertiary alicyclic amines) is 2. The molecule has 1 fully saturated rings. The normalized spacial score (nSPS) is 29.8. The summed E-state index contributed by atoms with van der Waals surface area (Å²) in [5.74, 6) is 0.00733. The predicted molar refractivity (Wildman–Crippen MR) is 84.2 cm³/mol. The number of nitriles is 1. The monoisotopic (exact) mass is 317 g/mol. The lowest BCUT2D eigenvalue weighted by Gasteiger charge is -2.25. The zero-order valence-corrected chi connectivity index (χ0v) is 13.4. The Morgan fingerprint density at radius 1 is 1.39 bits per heavy atom. The van der Waals surface area contributed by atoms with Crippen LogP contribution in [-0.2, 0) is 4.79 Å². The smallest absolute Gasteiger partial charge is 0.315 e. The van der Waals surface area contributed by atoms with E-state index in [-0.39, 0.29) is 36.6 Å². The van der Waals surface area contributed by atoms with Crippen molar-refractivity contribution in [2.45, 2.75) is 50.7 Å². The summed E-state index contributed by atoms with van der Waals surface area (Å²) in [4.78, 5) is 27.0. The molecule has 0 saturated carbocycles. The lowest BCUT2D eigenvalue weighted by molar-refractivity contribution is -0.130. The number of hydrogen-bond donors (Lipinski definition) is 2. The fourth-order valence-electron chi connectivity index (χ4n) is 4.02. The number of hydrogen-bond acceptors (Lipinski definition) is 4. The van der Waals surface area contributed by atoms with Gasteiger partial charge in [0.05, 0.1) is 18.7 Å². The van der Waals surface area contributed by atoms with Crippen LogP contribution in [0.15, 0.2) is 11.1 Å². The van der Waals surface area contributed by atoms with Crippen molar-refractivity contribution in [1.82, 2.24) is 15.1 Å². The third kappa shape index (κ3) is 2.91. The zero-order valence-electron chi connectivity index (χ0n) is 13.4. The predicted octanol–water partition coefficient (Wildman–Crippen LogP) is 0.332. The number of nitrogens with two attached hydrogens (primary N) is 1. The van der Waals surface area contributed by atoms with Gasteiger partial charge in [0.2, 0.25) is 5.91 Å². The Bertz CT molecular complexity index is 594. The van der Waals surface area contributed by atoms with Crippen LogP contribution in [0.25, 0.3) is 0 Å². The molecule has 124 valence electrons. The van der Waals surface area contributed by atoms with Gasteiger partial charge >= 0.3 is 6.03 Å². The van der Waals surface area contributed by atoms with Gasteiger partial charge in [-0.05, 0) is 43.8 Å². The van der Waals surface area contributed by atoms with Crippen molar-refractivity contribution in [3.63, 3.8) is 0 Å². The van der Waals surface area contributed by atoms with Crippen LogP contribution in [0.3, 0.4) is 0 Å². The highest BCUT2D eigenvalue weighted by atomic mass is 16.2. The quantitative estimate of drug-likeness (QED) is 0.732. The number of nitrogens with one attached hydrogen (secondary N) is 1. The summed E-state index contributed by atoms with van der Waals surface area (Å²) in [7, 11) is 0. The van der Waals surface area contributed by atoms with E-state index in [0.717, 1.165) is 25.7 Å². The minimum absolute atomic E-state index is 0.00733. The Morgan fingerprint density at radius 2 is 2.17 bits per heavy atom. The van der Waals surface area contributed by atoms with Crippen LogP contribution >= 0.6 is 0 Å². The van der Waals surface area contributed by atoms with Crippen LogP contribution in [0.2, 0.25) is 0 Å². The van der Waals surface area contributed by atoms with Gasteiger partial charge in [-0.25, -0.2) is 4.79 Å². The molecule has 0 aromatic heterocycles. The molecule has 0 bridgehead atoms. The van der Waals surface area contributed by atoms with Crippen LogP contribution in [0.5, 0.6) is 0 Å². The summed E-state index contributed by atoms with van der Waals surface area (Å²) in [6, 6.07) is 1.86. The van der Waals surface area contributed by atoms with E-state index >= 15 is 0 Å². The van der Waals surface area contributed by atoms with Crippen molar-refractivity contribution in [3.05, 3.63) is 11.1 Å². The topological polar surface area (TPSA) is 102 Å². The van der Waals surface area contributed by atoms with Gasteiger partial charge < -0.3 is 20.9 Å². The molecule has 3 amide bonds. The maximum absolute atomic E-state index is 12.3. The van der Waals surface area contributed by atoms with Crippen molar-refractivity contribution in [1.29, 1.82) is 5.26 Å². The molecular weight excluding hydrogens is 294 g/mol. The number of rotatable bonds is 3. The van der Waals surface area contributed by atoms with Crippen LogP contribution in [0.4, 0.5) is 4.79 Å². The van der Waals surface area contributed by atoms with Crippen molar-refractivity contribution in [3.8, 4) is 6.07 Å². The Morgan fingerprint density at radius 3 is 2.83 bits per heavy atom. The summed E-state index contributed by atoms with van der Waals surface area (Å²) in [6.07, 6.45) is 3.40. The molecule has 0 radical (unpaired) electrons. The van der Waals surface area contributed by atoms with E-state index in [9.17, 15) is 9.59 Å². The van der Waals surface area contributed by atoms with E-state index < -0.39 is 0 Å². The van der Waals surface area contributed by atoms with Gasteiger partial charge in [0, 0.05) is 19.1 Å². The summed E-state index contributed by atoms with van der Waals surface area (Å²) < 4.78 is 0. The Kier molecular flexibility index (Phi) is 4.26. The van der Waals surface area contributed by atoms with Gasteiger partial charge in [-0.2, -0.15) is 5.26 Å². The summed E-state index contributed by atoms with van der Waals surface area (Å²) in [5.41, 5.74) is 7.95. The van der Waals surface area contributed by atoms with Gasteiger partial charge in [-0.3, -0.25) is 4.79 Å². The number of carbonyl (C=O) groups is 2. The maximum atomic E-state index is 12.3. The minimum Gasteiger partial charge on any atom is -0.351 e. The summed E-state index contributed by atoms with van der Waals surface area (Å²) >= 11 is 0. The highest BCUT2D eigenvalue weighted by Crippen LogP contribution is 2.36. The molecule has 3 rings (SSSR count). The first kappa shape index (κ1) is 15.8. The highest BCUT2D eigenvalue weighted by molar-refractivity contribution is 5.79. The van der Waals surface area contributed by atoms with Crippen molar-refractivity contribution < 1.29 is 9.59 Å². The third-order valence-corrected chi connectivity index (χ3v) is 5.29. The molecule has 7 nitrogen and oxygen atoms in total. The van der Waals surface area contributed by atoms with E-state index in [0.29, 0.717) is 13.1 Å². The first-order chi connectivity index (χ1) is 11.0. The average molecular weight is 317 g/mol. The van der Waals surface area contributed by atoms with Crippen LogP contribution < -0.4 is 11.1 Å². The summed E-state index contributed by atoms with van der Waals surface area (Å²) in [5, 5.41) is 12.4. The molecule has 0 spiro atoms. The molecule has 1 saturated heterocycles. The molecule has 3 N–H and O–H groups in total.